The Labute approximate surface area is 127 Å². The van der Waals surface area contributed by atoms with Crippen LogP contribution in [0.2, 0.25) is 0 Å². The Morgan fingerprint density at radius 3 is 2.64 bits per heavy atom. The van der Waals surface area contributed by atoms with Gasteiger partial charge in [-0.3, -0.25) is 14.9 Å². The second-order valence-corrected chi connectivity index (χ2v) is 5.68. The molecule has 3 rings (SSSR count). The first-order chi connectivity index (χ1) is 10.6. The number of amides is 1. The van der Waals surface area contributed by atoms with Gasteiger partial charge in [0, 0.05) is 37.1 Å². The summed E-state index contributed by atoms with van der Waals surface area (Å²) in [4.78, 5) is 22.1. The second kappa shape index (κ2) is 6.02. The Bertz CT molecular complexity index is 566. The van der Waals surface area contributed by atoms with Gasteiger partial charge in [0.2, 0.25) is 0 Å². The number of nitro groups is 1. The van der Waals surface area contributed by atoms with Crippen LogP contribution in [0.3, 0.4) is 0 Å². The monoisotopic (exact) mass is 306 g/mol. The fourth-order valence-corrected chi connectivity index (χ4v) is 2.94. The maximum absolute atomic E-state index is 12.0. The van der Waals surface area contributed by atoms with Crippen LogP contribution < -0.4 is 5.32 Å². The van der Waals surface area contributed by atoms with E-state index in [-0.39, 0.29) is 17.7 Å². The summed E-state index contributed by atoms with van der Waals surface area (Å²) in [5.41, 5.74) is 0.354. The second-order valence-electron chi connectivity index (χ2n) is 5.68. The summed E-state index contributed by atoms with van der Waals surface area (Å²) in [6, 6.07) is 5.52. The molecular formula is C15H18N2O5. The third-order valence-corrected chi connectivity index (χ3v) is 4.11. The zero-order valence-electron chi connectivity index (χ0n) is 12.1. The van der Waals surface area contributed by atoms with Crippen LogP contribution in [-0.2, 0) is 9.47 Å². The molecule has 0 aromatic heterocycles. The van der Waals surface area contributed by atoms with Gasteiger partial charge in [-0.25, -0.2) is 0 Å². The molecule has 1 N–H and O–H groups in total. The number of carbonyl (C=O) groups is 1. The maximum atomic E-state index is 12.0. The standard InChI is InChI=1S/C15H18N2O5/c18-14(11-3-5-12(6-4-11)17(19)20)16-9-13-10-21-15(22-13)7-1-2-8-15/h3-6,13H,1-2,7-10H2,(H,16,18). The van der Waals surface area contributed by atoms with Gasteiger partial charge in [0.15, 0.2) is 5.79 Å². The Hall–Kier alpha value is -1.99. The molecular weight excluding hydrogens is 288 g/mol. The lowest BCUT2D eigenvalue weighted by molar-refractivity contribution is -0.384. The number of benzene rings is 1. The predicted molar refractivity (Wildman–Crippen MR) is 77.5 cm³/mol. The Kier molecular flexibility index (Phi) is 4.08. The van der Waals surface area contributed by atoms with E-state index in [4.69, 9.17) is 9.47 Å². The van der Waals surface area contributed by atoms with Crippen molar-refractivity contribution >= 4 is 11.6 Å². The molecule has 0 bridgehead atoms. The summed E-state index contributed by atoms with van der Waals surface area (Å²) in [5, 5.41) is 13.4. The topological polar surface area (TPSA) is 90.7 Å². The van der Waals surface area contributed by atoms with E-state index >= 15 is 0 Å². The average molecular weight is 306 g/mol. The molecule has 7 heteroatoms. The van der Waals surface area contributed by atoms with E-state index in [0.29, 0.717) is 18.7 Å². The first kappa shape index (κ1) is 14.9. The van der Waals surface area contributed by atoms with E-state index < -0.39 is 10.7 Å². The quantitative estimate of drug-likeness (QED) is 0.678. The first-order valence-electron chi connectivity index (χ1n) is 7.42. The molecule has 1 amide bonds. The number of non-ortho nitro benzene ring substituents is 1. The Balaban J connectivity index is 1.51. The number of nitrogens with one attached hydrogen (secondary N) is 1. The fraction of sp³-hybridized carbons (Fsp3) is 0.533. The van der Waals surface area contributed by atoms with Gasteiger partial charge in [-0.05, 0) is 25.0 Å². The molecule has 1 saturated heterocycles. The van der Waals surface area contributed by atoms with Crippen LogP contribution in [0, 0.1) is 10.1 Å². The summed E-state index contributed by atoms with van der Waals surface area (Å²) in [5.74, 6) is -0.700. The Morgan fingerprint density at radius 2 is 2.00 bits per heavy atom. The lowest BCUT2D eigenvalue weighted by Crippen LogP contribution is -2.35. The number of nitro benzene ring substituents is 1. The minimum absolute atomic E-state index is 0.0350. The van der Waals surface area contributed by atoms with Crippen LogP contribution in [0.15, 0.2) is 24.3 Å². The highest BCUT2D eigenvalue weighted by Gasteiger charge is 2.43. The summed E-state index contributed by atoms with van der Waals surface area (Å²) in [6.45, 7) is 0.859. The molecule has 1 heterocycles. The summed E-state index contributed by atoms with van der Waals surface area (Å²) in [6.07, 6.45) is 3.92. The molecule has 1 atom stereocenters. The minimum Gasteiger partial charge on any atom is -0.349 e. The van der Waals surface area contributed by atoms with Gasteiger partial charge in [0.25, 0.3) is 11.6 Å². The van der Waals surface area contributed by atoms with Gasteiger partial charge in [-0.15, -0.1) is 0 Å². The van der Waals surface area contributed by atoms with E-state index in [1.54, 1.807) is 0 Å². The number of rotatable bonds is 4. The molecule has 1 aliphatic heterocycles. The molecule has 7 nitrogen and oxygen atoms in total. The van der Waals surface area contributed by atoms with E-state index in [2.05, 4.69) is 5.32 Å². The van der Waals surface area contributed by atoms with Crippen LogP contribution in [-0.4, -0.2) is 35.9 Å². The average Bonchev–Trinajstić information content (AvgIpc) is 3.15. The Morgan fingerprint density at radius 1 is 1.32 bits per heavy atom. The van der Waals surface area contributed by atoms with Crippen LogP contribution >= 0.6 is 0 Å². The van der Waals surface area contributed by atoms with Crippen molar-refractivity contribution in [2.24, 2.45) is 0 Å². The van der Waals surface area contributed by atoms with Gasteiger partial charge in [-0.2, -0.15) is 0 Å². The van der Waals surface area contributed by atoms with Crippen LogP contribution in [0.4, 0.5) is 5.69 Å². The van der Waals surface area contributed by atoms with Crippen molar-refractivity contribution in [3.8, 4) is 0 Å². The van der Waals surface area contributed by atoms with Gasteiger partial charge < -0.3 is 14.8 Å². The zero-order valence-corrected chi connectivity index (χ0v) is 12.1. The zero-order chi connectivity index (χ0) is 15.6. The van der Waals surface area contributed by atoms with Gasteiger partial charge in [-0.1, -0.05) is 0 Å². The number of hydrogen-bond donors (Lipinski definition) is 1. The molecule has 1 saturated carbocycles. The van der Waals surface area contributed by atoms with Crippen molar-refractivity contribution in [3.63, 3.8) is 0 Å². The SMILES string of the molecule is O=C(NCC1COC2(CCCC2)O1)c1ccc([N+](=O)[O-])cc1. The van der Waals surface area contributed by atoms with E-state index in [9.17, 15) is 14.9 Å². The van der Waals surface area contributed by atoms with Crippen molar-refractivity contribution in [2.75, 3.05) is 13.2 Å². The van der Waals surface area contributed by atoms with Crippen LogP contribution in [0.25, 0.3) is 0 Å². The lowest BCUT2D eigenvalue weighted by Gasteiger charge is -2.21. The third kappa shape index (κ3) is 3.10. The summed E-state index contributed by atoms with van der Waals surface area (Å²) in [7, 11) is 0. The molecule has 22 heavy (non-hydrogen) atoms. The number of nitrogens with zero attached hydrogens (tertiary/aromatic N) is 1. The van der Waals surface area contributed by atoms with Crippen molar-refractivity contribution < 1.29 is 19.2 Å². The summed E-state index contributed by atoms with van der Waals surface area (Å²) < 4.78 is 11.7. The molecule has 2 aliphatic rings. The normalized spacial score (nSPS) is 22.8. The maximum Gasteiger partial charge on any atom is 0.269 e. The summed E-state index contributed by atoms with van der Waals surface area (Å²) >= 11 is 0. The smallest absolute Gasteiger partial charge is 0.269 e. The molecule has 1 spiro atoms. The molecule has 2 fully saturated rings. The first-order valence-corrected chi connectivity index (χ1v) is 7.42. The fourth-order valence-electron chi connectivity index (χ4n) is 2.94. The largest absolute Gasteiger partial charge is 0.349 e. The predicted octanol–water partition coefficient (Wildman–Crippen LogP) is 2.01. The third-order valence-electron chi connectivity index (χ3n) is 4.11. The molecule has 1 aromatic carbocycles. The van der Waals surface area contributed by atoms with E-state index in [1.165, 1.54) is 24.3 Å². The van der Waals surface area contributed by atoms with Gasteiger partial charge in [0.05, 0.1) is 11.5 Å². The number of carbonyl (C=O) groups excluding carboxylic acids is 1. The highest BCUT2D eigenvalue weighted by Crippen LogP contribution is 2.38. The molecule has 1 aromatic rings. The highest BCUT2D eigenvalue weighted by molar-refractivity contribution is 5.94. The van der Waals surface area contributed by atoms with Gasteiger partial charge in [0.1, 0.15) is 6.10 Å². The van der Waals surface area contributed by atoms with E-state index in [1.807, 2.05) is 0 Å². The lowest BCUT2D eigenvalue weighted by atomic mass is 10.2. The van der Waals surface area contributed by atoms with Crippen LogP contribution in [0.1, 0.15) is 36.0 Å². The molecule has 1 unspecified atom stereocenters. The molecule has 1 aliphatic carbocycles. The number of ether oxygens (including phenoxy) is 2. The number of hydrogen-bond acceptors (Lipinski definition) is 5. The van der Waals surface area contributed by atoms with Gasteiger partial charge >= 0.3 is 0 Å². The van der Waals surface area contributed by atoms with Crippen molar-refractivity contribution in [3.05, 3.63) is 39.9 Å². The molecule has 0 radical (unpaired) electrons. The van der Waals surface area contributed by atoms with Crippen LogP contribution in [0.5, 0.6) is 0 Å². The van der Waals surface area contributed by atoms with Crippen molar-refractivity contribution in [1.82, 2.24) is 5.32 Å². The minimum atomic E-state index is -0.494. The molecule has 118 valence electrons. The van der Waals surface area contributed by atoms with Crippen molar-refractivity contribution in [1.29, 1.82) is 0 Å². The highest BCUT2D eigenvalue weighted by atomic mass is 16.7. The van der Waals surface area contributed by atoms with Crippen molar-refractivity contribution in [2.45, 2.75) is 37.6 Å². The van der Waals surface area contributed by atoms with E-state index in [0.717, 1.165) is 25.7 Å².